The molecular weight excluding hydrogens is 379 g/mol. The van der Waals surface area contributed by atoms with E-state index in [0.717, 1.165) is 11.0 Å². The lowest BCUT2D eigenvalue weighted by Gasteiger charge is -2.08. The molecule has 1 amide bonds. The van der Waals surface area contributed by atoms with Gasteiger partial charge in [-0.2, -0.15) is 13.2 Å². The summed E-state index contributed by atoms with van der Waals surface area (Å²) < 4.78 is 37.6. The molecule has 0 atom stereocenters. The Morgan fingerprint density at radius 2 is 1.96 bits per heavy atom. The Kier molecular flexibility index (Phi) is 6.38. The Morgan fingerprint density at radius 1 is 1.25 bits per heavy atom. The van der Waals surface area contributed by atoms with E-state index in [0.29, 0.717) is 17.2 Å². The second-order valence-corrected chi connectivity index (χ2v) is 5.18. The first kappa shape index (κ1) is 20.5. The highest BCUT2D eigenvalue weighted by molar-refractivity contribution is 5.99. The van der Waals surface area contributed by atoms with Gasteiger partial charge in [-0.15, -0.1) is 0 Å². The molecule has 0 radical (unpaired) electrons. The van der Waals surface area contributed by atoms with Crippen LogP contribution in [0.4, 0.5) is 18.9 Å². The molecular formula is C18H14F3N3O4. The summed E-state index contributed by atoms with van der Waals surface area (Å²) in [5.74, 6) is -1.68. The van der Waals surface area contributed by atoms with E-state index >= 15 is 0 Å². The minimum Gasteiger partial charge on any atom is -0.475 e. The zero-order chi connectivity index (χ0) is 20.7. The molecule has 0 bridgehead atoms. The monoisotopic (exact) mass is 393 g/mol. The van der Waals surface area contributed by atoms with Crippen molar-refractivity contribution >= 4 is 28.6 Å². The van der Waals surface area contributed by atoms with Crippen molar-refractivity contribution in [3.8, 4) is 11.5 Å². The molecule has 3 aromatic rings. The van der Waals surface area contributed by atoms with Gasteiger partial charge in [0, 0.05) is 24.1 Å². The maximum absolute atomic E-state index is 11.3. The van der Waals surface area contributed by atoms with Crippen molar-refractivity contribution in [2.24, 2.45) is 0 Å². The van der Waals surface area contributed by atoms with Crippen molar-refractivity contribution in [1.82, 2.24) is 9.97 Å². The number of carbonyl (C=O) groups excluding carboxylic acids is 1. The van der Waals surface area contributed by atoms with E-state index in [1.165, 1.54) is 6.08 Å². The topological polar surface area (TPSA) is 104 Å². The number of alkyl halides is 3. The van der Waals surface area contributed by atoms with Crippen LogP contribution in [0.15, 0.2) is 61.4 Å². The van der Waals surface area contributed by atoms with Gasteiger partial charge in [-0.1, -0.05) is 12.6 Å². The highest BCUT2D eigenvalue weighted by atomic mass is 19.4. The van der Waals surface area contributed by atoms with Crippen LogP contribution in [0.25, 0.3) is 11.0 Å². The molecule has 0 unspecified atom stereocenters. The van der Waals surface area contributed by atoms with Crippen LogP contribution >= 0.6 is 0 Å². The number of hydrogen-bond donors (Lipinski definition) is 3. The minimum absolute atomic E-state index is 0.260. The van der Waals surface area contributed by atoms with E-state index in [1.54, 1.807) is 24.4 Å². The predicted molar refractivity (Wildman–Crippen MR) is 95.1 cm³/mol. The summed E-state index contributed by atoms with van der Waals surface area (Å²) in [7, 11) is 0. The number of nitrogens with zero attached hydrogens (tertiary/aromatic N) is 1. The number of carboxylic acids is 1. The smallest absolute Gasteiger partial charge is 0.475 e. The van der Waals surface area contributed by atoms with E-state index in [-0.39, 0.29) is 5.91 Å². The number of hydrogen-bond acceptors (Lipinski definition) is 4. The number of H-pyrrole nitrogens is 1. The van der Waals surface area contributed by atoms with E-state index < -0.39 is 12.1 Å². The average molecular weight is 393 g/mol. The summed E-state index contributed by atoms with van der Waals surface area (Å²) in [6.45, 7) is 3.42. The van der Waals surface area contributed by atoms with Gasteiger partial charge < -0.3 is 20.1 Å². The van der Waals surface area contributed by atoms with E-state index in [2.05, 4.69) is 21.9 Å². The molecule has 0 aliphatic carbocycles. The lowest BCUT2D eigenvalue weighted by atomic mass is 10.3. The van der Waals surface area contributed by atoms with Gasteiger partial charge in [0.2, 0.25) is 5.91 Å². The van der Waals surface area contributed by atoms with Gasteiger partial charge in [0.05, 0.1) is 5.39 Å². The molecule has 3 N–H and O–H groups in total. The van der Waals surface area contributed by atoms with Crippen molar-refractivity contribution in [3.63, 3.8) is 0 Å². The summed E-state index contributed by atoms with van der Waals surface area (Å²) >= 11 is 0. The van der Waals surface area contributed by atoms with Crippen LogP contribution in [-0.4, -0.2) is 33.1 Å². The summed E-state index contributed by atoms with van der Waals surface area (Å²) in [4.78, 5) is 27.4. The van der Waals surface area contributed by atoms with Crippen LogP contribution < -0.4 is 10.1 Å². The minimum atomic E-state index is -5.08. The Morgan fingerprint density at radius 3 is 2.61 bits per heavy atom. The van der Waals surface area contributed by atoms with Crippen molar-refractivity contribution in [1.29, 1.82) is 0 Å². The number of anilines is 1. The zero-order valence-electron chi connectivity index (χ0n) is 14.2. The van der Waals surface area contributed by atoms with E-state index in [9.17, 15) is 18.0 Å². The summed E-state index contributed by atoms with van der Waals surface area (Å²) in [6, 6.07) is 10.9. The van der Waals surface area contributed by atoms with Gasteiger partial charge in [-0.05, 0) is 30.3 Å². The number of fused-ring (bicyclic) bond motifs is 1. The van der Waals surface area contributed by atoms with E-state index in [4.69, 9.17) is 14.6 Å². The van der Waals surface area contributed by atoms with Crippen LogP contribution in [0, 0.1) is 0 Å². The van der Waals surface area contributed by atoms with E-state index in [1.807, 2.05) is 24.4 Å². The first-order valence-electron chi connectivity index (χ1n) is 7.64. The number of carbonyl (C=O) groups is 2. The van der Waals surface area contributed by atoms with Crippen molar-refractivity contribution in [2.45, 2.75) is 6.18 Å². The molecule has 0 spiro atoms. The van der Waals surface area contributed by atoms with Crippen molar-refractivity contribution < 1.29 is 32.6 Å². The van der Waals surface area contributed by atoms with Gasteiger partial charge in [-0.3, -0.25) is 4.79 Å². The van der Waals surface area contributed by atoms with Crippen LogP contribution in [-0.2, 0) is 9.59 Å². The number of aliphatic carboxylic acids is 1. The molecule has 3 rings (SSSR count). The van der Waals surface area contributed by atoms with Gasteiger partial charge in [-0.25, -0.2) is 9.78 Å². The fourth-order valence-corrected chi connectivity index (χ4v) is 1.98. The number of aromatic nitrogens is 2. The fraction of sp³-hybridized carbons (Fsp3) is 0.0556. The first-order valence-corrected chi connectivity index (χ1v) is 7.64. The van der Waals surface area contributed by atoms with Gasteiger partial charge in [0.15, 0.2) is 0 Å². The van der Waals surface area contributed by atoms with Crippen LogP contribution in [0.5, 0.6) is 11.5 Å². The van der Waals surface area contributed by atoms with Crippen molar-refractivity contribution in [3.05, 3.63) is 61.4 Å². The molecule has 1 aromatic carbocycles. The maximum atomic E-state index is 11.3. The molecule has 2 heterocycles. The highest BCUT2D eigenvalue weighted by Gasteiger charge is 2.38. The lowest BCUT2D eigenvalue weighted by Crippen LogP contribution is -2.21. The molecule has 7 nitrogen and oxygen atoms in total. The largest absolute Gasteiger partial charge is 0.490 e. The Bertz CT molecular complexity index is 999. The Balaban J connectivity index is 0.000000345. The van der Waals surface area contributed by atoms with Crippen LogP contribution in [0.3, 0.4) is 0 Å². The molecule has 0 saturated carbocycles. The molecule has 0 saturated heterocycles. The third-order valence-electron chi connectivity index (χ3n) is 3.18. The number of aromatic amines is 1. The summed E-state index contributed by atoms with van der Waals surface area (Å²) in [5.41, 5.74) is 1.42. The summed E-state index contributed by atoms with van der Waals surface area (Å²) in [5, 5.41) is 10.7. The number of ether oxygens (including phenoxy) is 1. The number of benzene rings is 1. The average Bonchev–Trinajstić information content (AvgIpc) is 3.11. The van der Waals surface area contributed by atoms with Gasteiger partial charge in [0.25, 0.3) is 0 Å². The Hall–Kier alpha value is -3.82. The molecule has 28 heavy (non-hydrogen) atoms. The second kappa shape index (κ2) is 8.71. The summed E-state index contributed by atoms with van der Waals surface area (Å²) in [6.07, 6.45) is -0.373. The number of amides is 1. The fourth-order valence-electron chi connectivity index (χ4n) is 1.98. The van der Waals surface area contributed by atoms with Crippen LogP contribution in [0.1, 0.15) is 0 Å². The molecule has 10 heteroatoms. The third kappa shape index (κ3) is 5.59. The van der Waals surface area contributed by atoms with Crippen molar-refractivity contribution in [2.75, 3.05) is 5.32 Å². The number of nitrogens with one attached hydrogen (secondary N) is 2. The SMILES string of the molecule is C=CC(=O)Nc1cccc(Oc2ccnc3[nH]ccc23)c1.O=C(O)C(F)(F)F. The lowest BCUT2D eigenvalue weighted by molar-refractivity contribution is -0.192. The first-order chi connectivity index (χ1) is 13.2. The third-order valence-corrected chi connectivity index (χ3v) is 3.18. The molecule has 146 valence electrons. The number of halogens is 3. The second-order valence-electron chi connectivity index (χ2n) is 5.18. The predicted octanol–water partition coefficient (Wildman–Crippen LogP) is 4.11. The highest BCUT2D eigenvalue weighted by Crippen LogP contribution is 2.29. The molecule has 0 fully saturated rings. The Labute approximate surface area is 156 Å². The number of rotatable bonds is 4. The molecule has 0 aliphatic heterocycles. The van der Waals surface area contributed by atoms with Gasteiger partial charge >= 0.3 is 12.1 Å². The van der Waals surface area contributed by atoms with Crippen LogP contribution in [0.2, 0.25) is 0 Å². The molecule has 0 aliphatic rings. The zero-order valence-corrected chi connectivity index (χ0v) is 14.2. The normalized spacial score (nSPS) is 10.5. The van der Waals surface area contributed by atoms with Gasteiger partial charge in [0.1, 0.15) is 17.1 Å². The number of pyridine rings is 1. The standard InChI is InChI=1S/C16H13N3O2.C2HF3O2/c1-2-15(20)19-11-4-3-5-12(10-11)21-14-7-9-18-16-13(14)6-8-17-16;3-2(4,5)1(6)7/h2-10H,1H2,(H,17,18)(H,19,20);(H,6,7). The molecule has 2 aromatic heterocycles. The quantitative estimate of drug-likeness (QED) is 0.579. The maximum Gasteiger partial charge on any atom is 0.490 e. The number of carboxylic acid groups (broad SMARTS) is 1.